The summed E-state index contributed by atoms with van der Waals surface area (Å²) in [7, 11) is 0. The lowest BCUT2D eigenvalue weighted by molar-refractivity contribution is 0.614. The number of halogens is 1. The van der Waals surface area contributed by atoms with Crippen LogP contribution in [0.2, 0.25) is 0 Å². The fourth-order valence-electron chi connectivity index (χ4n) is 1.72. The van der Waals surface area contributed by atoms with Crippen LogP contribution < -0.4 is 0 Å². The molecule has 84 valence electrons. The van der Waals surface area contributed by atoms with Gasteiger partial charge in [-0.1, -0.05) is 13.0 Å². The molecule has 2 aromatic rings. The van der Waals surface area contributed by atoms with Gasteiger partial charge in [-0.2, -0.15) is 0 Å². The molecule has 16 heavy (non-hydrogen) atoms. The quantitative estimate of drug-likeness (QED) is 0.791. The third-order valence-electron chi connectivity index (χ3n) is 2.56. The van der Waals surface area contributed by atoms with Gasteiger partial charge < -0.3 is 4.98 Å². The van der Waals surface area contributed by atoms with E-state index >= 15 is 0 Å². The van der Waals surface area contributed by atoms with Crippen LogP contribution in [0.4, 0.5) is 4.39 Å². The third kappa shape index (κ3) is 1.80. The van der Waals surface area contributed by atoms with Crippen LogP contribution in [0.5, 0.6) is 0 Å². The summed E-state index contributed by atoms with van der Waals surface area (Å²) in [5.74, 6) is -0.245. The maximum atomic E-state index is 13.8. The molecule has 0 aliphatic carbocycles. The number of rotatable bonds is 2. The van der Waals surface area contributed by atoms with Gasteiger partial charge in [0.05, 0.1) is 5.69 Å². The van der Waals surface area contributed by atoms with Crippen molar-refractivity contribution in [3.63, 3.8) is 0 Å². The molecule has 0 atom stereocenters. The predicted molar refractivity (Wildman–Crippen MR) is 65.0 cm³/mol. The lowest BCUT2D eigenvalue weighted by atomic mass is 10.2. The van der Waals surface area contributed by atoms with E-state index in [1.807, 2.05) is 26.1 Å². The standard InChI is InChI=1S/C12H13FN2S/c1-3-9-7-14-12(16)15(9)11-5-4-8(2)6-10(11)13/h4-7H,3H2,1-2H3,(H,14,16). The molecule has 1 heterocycles. The molecule has 1 aromatic carbocycles. The Kier molecular flexibility index (Phi) is 2.92. The number of aromatic amines is 1. The molecule has 1 aromatic heterocycles. The van der Waals surface area contributed by atoms with Crippen molar-refractivity contribution in [2.45, 2.75) is 20.3 Å². The van der Waals surface area contributed by atoms with E-state index in [0.717, 1.165) is 17.7 Å². The first-order valence-corrected chi connectivity index (χ1v) is 5.60. The van der Waals surface area contributed by atoms with Crippen molar-refractivity contribution in [3.8, 4) is 5.69 Å². The Morgan fingerprint density at radius 3 is 2.81 bits per heavy atom. The van der Waals surface area contributed by atoms with Crippen LogP contribution in [0, 0.1) is 17.5 Å². The maximum Gasteiger partial charge on any atom is 0.182 e. The normalized spacial score (nSPS) is 10.7. The summed E-state index contributed by atoms with van der Waals surface area (Å²) >= 11 is 5.15. The lowest BCUT2D eigenvalue weighted by Gasteiger charge is -2.08. The van der Waals surface area contributed by atoms with Gasteiger partial charge in [0.1, 0.15) is 5.82 Å². The van der Waals surface area contributed by atoms with E-state index in [0.29, 0.717) is 10.5 Å². The fourth-order valence-corrected chi connectivity index (χ4v) is 2.00. The number of benzene rings is 1. The first-order valence-electron chi connectivity index (χ1n) is 5.19. The smallest absolute Gasteiger partial charge is 0.182 e. The Bertz CT molecular complexity index is 569. The molecule has 2 nitrogen and oxygen atoms in total. The summed E-state index contributed by atoms with van der Waals surface area (Å²) < 4.78 is 16.1. The fraction of sp³-hybridized carbons (Fsp3) is 0.250. The van der Waals surface area contributed by atoms with E-state index in [1.165, 1.54) is 6.07 Å². The molecule has 0 fully saturated rings. The van der Waals surface area contributed by atoms with Crippen molar-refractivity contribution in [1.82, 2.24) is 9.55 Å². The van der Waals surface area contributed by atoms with E-state index < -0.39 is 0 Å². The van der Waals surface area contributed by atoms with E-state index in [9.17, 15) is 4.39 Å². The minimum Gasteiger partial charge on any atom is -0.337 e. The first-order chi connectivity index (χ1) is 7.63. The van der Waals surface area contributed by atoms with Gasteiger partial charge in [0.2, 0.25) is 0 Å². The maximum absolute atomic E-state index is 13.8. The van der Waals surface area contributed by atoms with Crippen molar-refractivity contribution >= 4 is 12.2 Å². The van der Waals surface area contributed by atoms with Crippen LogP contribution in [-0.2, 0) is 6.42 Å². The molecule has 0 aliphatic heterocycles. The average Bonchev–Trinajstić information content (AvgIpc) is 2.60. The van der Waals surface area contributed by atoms with Gasteiger partial charge in [0.15, 0.2) is 4.77 Å². The zero-order valence-electron chi connectivity index (χ0n) is 9.25. The highest BCUT2D eigenvalue weighted by Gasteiger charge is 2.09. The SMILES string of the molecule is CCc1c[nH]c(=S)n1-c1ccc(C)cc1F. The highest BCUT2D eigenvalue weighted by molar-refractivity contribution is 7.71. The molecule has 0 aliphatic rings. The Labute approximate surface area is 98.7 Å². The van der Waals surface area contributed by atoms with E-state index in [2.05, 4.69) is 4.98 Å². The number of nitrogens with one attached hydrogen (secondary N) is 1. The van der Waals surface area contributed by atoms with Crippen molar-refractivity contribution < 1.29 is 4.39 Å². The number of H-pyrrole nitrogens is 1. The Morgan fingerprint density at radius 1 is 1.44 bits per heavy atom. The van der Waals surface area contributed by atoms with Gasteiger partial charge in [-0.05, 0) is 43.3 Å². The molecule has 0 spiro atoms. The van der Waals surface area contributed by atoms with Gasteiger partial charge in [-0.3, -0.25) is 4.57 Å². The van der Waals surface area contributed by atoms with Crippen molar-refractivity contribution in [3.05, 3.63) is 46.2 Å². The molecular weight excluding hydrogens is 223 g/mol. The van der Waals surface area contributed by atoms with Gasteiger partial charge in [0, 0.05) is 11.9 Å². The zero-order chi connectivity index (χ0) is 11.7. The minimum atomic E-state index is -0.245. The van der Waals surface area contributed by atoms with Crippen LogP contribution in [0.1, 0.15) is 18.2 Å². The van der Waals surface area contributed by atoms with Crippen LogP contribution in [0.25, 0.3) is 5.69 Å². The molecular formula is C12H13FN2S. The van der Waals surface area contributed by atoms with Gasteiger partial charge in [-0.15, -0.1) is 0 Å². The monoisotopic (exact) mass is 236 g/mol. The van der Waals surface area contributed by atoms with Gasteiger partial charge in [-0.25, -0.2) is 4.39 Å². The van der Waals surface area contributed by atoms with Crippen molar-refractivity contribution in [2.24, 2.45) is 0 Å². The summed E-state index contributed by atoms with van der Waals surface area (Å²) in [4.78, 5) is 2.94. The van der Waals surface area contributed by atoms with Crippen LogP contribution in [0.3, 0.4) is 0 Å². The van der Waals surface area contributed by atoms with Crippen LogP contribution in [0.15, 0.2) is 24.4 Å². The number of imidazole rings is 1. The van der Waals surface area contributed by atoms with E-state index in [-0.39, 0.29) is 5.82 Å². The molecule has 1 N–H and O–H groups in total. The molecule has 4 heteroatoms. The highest BCUT2D eigenvalue weighted by atomic mass is 32.1. The highest BCUT2D eigenvalue weighted by Crippen LogP contribution is 2.18. The second-order valence-corrected chi connectivity index (χ2v) is 4.12. The summed E-state index contributed by atoms with van der Waals surface area (Å²) in [6.07, 6.45) is 2.63. The number of hydrogen-bond acceptors (Lipinski definition) is 1. The second-order valence-electron chi connectivity index (χ2n) is 3.73. The van der Waals surface area contributed by atoms with E-state index in [4.69, 9.17) is 12.2 Å². The number of aryl methyl sites for hydroxylation is 2. The van der Waals surface area contributed by atoms with Crippen LogP contribution >= 0.6 is 12.2 Å². The predicted octanol–water partition coefficient (Wildman–Crippen LogP) is 3.54. The largest absolute Gasteiger partial charge is 0.337 e. The summed E-state index contributed by atoms with van der Waals surface area (Å²) in [6.45, 7) is 3.88. The molecule has 2 rings (SSSR count). The number of hydrogen-bond donors (Lipinski definition) is 1. The Balaban J connectivity index is 2.67. The first kappa shape index (κ1) is 11.1. The molecule has 0 saturated carbocycles. The van der Waals surface area contributed by atoms with Crippen molar-refractivity contribution in [1.29, 1.82) is 0 Å². The second kappa shape index (κ2) is 4.22. The number of aromatic nitrogens is 2. The average molecular weight is 236 g/mol. The number of nitrogens with zero attached hydrogens (tertiary/aromatic N) is 1. The lowest BCUT2D eigenvalue weighted by Crippen LogP contribution is -2.02. The van der Waals surface area contributed by atoms with Crippen molar-refractivity contribution in [2.75, 3.05) is 0 Å². The third-order valence-corrected chi connectivity index (χ3v) is 2.86. The molecule has 0 bridgehead atoms. The van der Waals surface area contributed by atoms with E-state index in [1.54, 1.807) is 10.6 Å². The molecule has 0 unspecified atom stereocenters. The van der Waals surface area contributed by atoms with Gasteiger partial charge >= 0.3 is 0 Å². The Morgan fingerprint density at radius 2 is 2.19 bits per heavy atom. The molecule has 0 saturated heterocycles. The molecule has 0 radical (unpaired) electrons. The zero-order valence-corrected chi connectivity index (χ0v) is 10.1. The topological polar surface area (TPSA) is 20.7 Å². The molecule has 0 amide bonds. The van der Waals surface area contributed by atoms with Gasteiger partial charge in [0.25, 0.3) is 0 Å². The summed E-state index contributed by atoms with van der Waals surface area (Å²) in [5, 5.41) is 0. The summed E-state index contributed by atoms with van der Waals surface area (Å²) in [6, 6.07) is 5.16. The Hall–Kier alpha value is -1.42. The van der Waals surface area contributed by atoms with Crippen LogP contribution in [-0.4, -0.2) is 9.55 Å². The minimum absolute atomic E-state index is 0.245. The summed E-state index contributed by atoms with van der Waals surface area (Å²) in [5.41, 5.74) is 2.39.